The first-order valence-corrected chi connectivity index (χ1v) is 14.9. The van der Waals surface area contributed by atoms with E-state index in [-0.39, 0.29) is 29.8 Å². The predicted octanol–water partition coefficient (Wildman–Crippen LogP) is 5.46. The highest BCUT2D eigenvalue weighted by Gasteiger charge is 2.30. The highest BCUT2D eigenvalue weighted by molar-refractivity contribution is 6.31. The Hall–Kier alpha value is -3.17. The van der Waals surface area contributed by atoms with E-state index in [0.717, 1.165) is 50.8 Å². The lowest BCUT2D eigenvalue weighted by molar-refractivity contribution is -0.126. The zero-order valence-corrected chi connectivity index (χ0v) is 24.1. The Balaban J connectivity index is 1.37. The summed E-state index contributed by atoms with van der Waals surface area (Å²) >= 11 is 6.13. The van der Waals surface area contributed by atoms with Gasteiger partial charge in [-0.05, 0) is 83.7 Å². The van der Waals surface area contributed by atoms with E-state index in [4.69, 9.17) is 21.3 Å². The van der Waals surface area contributed by atoms with Gasteiger partial charge >= 0.3 is 0 Å². The molecule has 214 valence electrons. The number of imidazole rings is 1. The summed E-state index contributed by atoms with van der Waals surface area (Å²) in [7, 11) is 0. The van der Waals surface area contributed by atoms with E-state index in [1.807, 2.05) is 19.9 Å². The van der Waals surface area contributed by atoms with E-state index in [9.17, 15) is 9.59 Å². The lowest BCUT2D eigenvalue weighted by Gasteiger charge is -2.30. The fourth-order valence-electron chi connectivity index (χ4n) is 5.78. The minimum absolute atomic E-state index is 0.00622. The molecule has 1 saturated heterocycles. The van der Waals surface area contributed by atoms with Crippen LogP contribution in [-0.2, 0) is 4.79 Å². The number of nitrogens with one attached hydrogen (secondary N) is 2. The predicted molar refractivity (Wildman–Crippen MR) is 157 cm³/mol. The second-order valence-corrected chi connectivity index (χ2v) is 11.6. The Morgan fingerprint density at radius 2 is 1.88 bits per heavy atom. The van der Waals surface area contributed by atoms with Gasteiger partial charge in [-0.2, -0.15) is 0 Å². The Labute approximate surface area is 240 Å². The van der Waals surface area contributed by atoms with Gasteiger partial charge in [0.1, 0.15) is 12.1 Å². The molecule has 0 spiro atoms. The Morgan fingerprint density at radius 1 is 1.10 bits per heavy atom. The molecule has 2 fully saturated rings. The number of carbonyl (C=O) groups is 2. The number of nitrogens with zero attached hydrogens (tertiary/aromatic N) is 4. The van der Waals surface area contributed by atoms with Gasteiger partial charge in [-0.25, -0.2) is 9.97 Å². The maximum atomic E-state index is 13.2. The number of piperidine rings is 1. The van der Waals surface area contributed by atoms with E-state index in [2.05, 4.69) is 25.1 Å². The van der Waals surface area contributed by atoms with Crippen LogP contribution in [0.4, 0.5) is 5.95 Å². The number of anilines is 1. The molecule has 2 amide bonds. The number of aromatic nitrogens is 3. The van der Waals surface area contributed by atoms with Crippen molar-refractivity contribution in [3.05, 3.63) is 47.1 Å². The smallest absolute Gasteiger partial charge is 0.258 e. The van der Waals surface area contributed by atoms with Crippen LogP contribution in [0.2, 0.25) is 5.02 Å². The molecule has 0 atom stereocenters. The fourth-order valence-corrected chi connectivity index (χ4v) is 5.97. The molecule has 0 bridgehead atoms. The van der Waals surface area contributed by atoms with Crippen LogP contribution >= 0.6 is 11.6 Å². The number of benzene rings is 1. The Kier molecular flexibility index (Phi) is 9.22. The number of pyridine rings is 1. The summed E-state index contributed by atoms with van der Waals surface area (Å²) in [5.41, 5.74) is 2.00. The second kappa shape index (κ2) is 13.0. The molecule has 2 N–H and O–H groups in total. The average molecular weight is 567 g/mol. The minimum atomic E-state index is -0.282. The number of hydrogen-bond acceptors (Lipinski definition) is 6. The molecule has 9 nitrogen and oxygen atoms in total. The highest BCUT2D eigenvalue weighted by Crippen LogP contribution is 2.37. The van der Waals surface area contributed by atoms with Crippen LogP contribution in [0.1, 0.15) is 75.2 Å². The maximum Gasteiger partial charge on any atom is 0.258 e. The van der Waals surface area contributed by atoms with Crippen molar-refractivity contribution in [1.29, 1.82) is 0 Å². The third-order valence-electron chi connectivity index (χ3n) is 7.83. The molecular formula is C30H39ClN6O3. The SMILES string of the molecule is CC(C)NC(=O)C1CCC(n2c(NC(=O)c3cccc(Cl)c3)nc3cnc(OCCN4CCCCC4)cc32)CC1. The molecule has 40 heavy (non-hydrogen) atoms. The van der Waals surface area contributed by atoms with Crippen LogP contribution in [-0.4, -0.2) is 63.5 Å². The van der Waals surface area contributed by atoms with Gasteiger partial charge in [-0.3, -0.25) is 19.8 Å². The van der Waals surface area contributed by atoms with Crippen molar-refractivity contribution in [2.75, 3.05) is 31.6 Å². The summed E-state index contributed by atoms with van der Waals surface area (Å²) in [5, 5.41) is 6.55. The first-order chi connectivity index (χ1) is 19.4. The minimum Gasteiger partial charge on any atom is -0.476 e. The van der Waals surface area contributed by atoms with Gasteiger partial charge in [0, 0.05) is 41.2 Å². The number of amides is 2. The second-order valence-electron chi connectivity index (χ2n) is 11.2. The molecule has 0 unspecified atom stereocenters. The zero-order chi connectivity index (χ0) is 28.1. The standard InChI is InChI=1S/C30H39ClN6O3/c1-20(2)33-28(38)21-9-11-24(12-10-21)37-26-18-27(40-16-15-36-13-4-3-5-14-36)32-19-25(26)34-30(37)35-29(39)22-7-6-8-23(31)17-22/h6-8,17-21,24H,3-5,9-16H2,1-2H3,(H,33,38)(H,34,35,39). The van der Waals surface area contributed by atoms with Gasteiger partial charge in [0.05, 0.1) is 11.7 Å². The van der Waals surface area contributed by atoms with Crippen molar-refractivity contribution in [3.8, 4) is 5.88 Å². The summed E-state index contributed by atoms with van der Waals surface area (Å²) in [6, 6.07) is 8.97. The van der Waals surface area contributed by atoms with Crippen molar-refractivity contribution in [3.63, 3.8) is 0 Å². The van der Waals surface area contributed by atoms with E-state index in [1.165, 1.54) is 19.3 Å². The van der Waals surface area contributed by atoms with E-state index in [0.29, 0.717) is 34.5 Å². The maximum absolute atomic E-state index is 13.2. The summed E-state index contributed by atoms with van der Waals surface area (Å²) < 4.78 is 8.16. The number of carbonyl (C=O) groups excluding carboxylic acids is 2. The Morgan fingerprint density at radius 3 is 2.60 bits per heavy atom. The van der Waals surface area contributed by atoms with Crippen LogP contribution in [0.3, 0.4) is 0 Å². The largest absolute Gasteiger partial charge is 0.476 e. The van der Waals surface area contributed by atoms with E-state index >= 15 is 0 Å². The molecule has 1 aromatic carbocycles. The highest BCUT2D eigenvalue weighted by atomic mass is 35.5. The number of halogens is 1. The fraction of sp³-hybridized carbons (Fsp3) is 0.533. The molecular weight excluding hydrogens is 528 g/mol. The summed E-state index contributed by atoms with van der Waals surface area (Å²) in [4.78, 5) is 37.5. The van der Waals surface area contributed by atoms with Gasteiger partial charge in [0.25, 0.3) is 5.91 Å². The molecule has 1 aliphatic heterocycles. The van der Waals surface area contributed by atoms with Gasteiger partial charge < -0.3 is 14.6 Å². The molecule has 10 heteroatoms. The van der Waals surface area contributed by atoms with Gasteiger partial charge in [-0.1, -0.05) is 24.1 Å². The lowest BCUT2D eigenvalue weighted by Crippen LogP contribution is -2.37. The van der Waals surface area contributed by atoms with Gasteiger partial charge in [0.15, 0.2) is 0 Å². The number of ether oxygens (including phenoxy) is 1. The van der Waals surface area contributed by atoms with E-state index < -0.39 is 0 Å². The monoisotopic (exact) mass is 566 g/mol. The molecule has 3 heterocycles. The van der Waals surface area contributed by atoms with Crippen molar-refractivity contribution in [2.24, 2.45) is 5.92 Å². The number of fused-ring (bicyclic) bond motifs is 1. The molecule has 3 aromatic rings. The van der Waals surface area contributed by atoms with Crippen LogP contribution < -0.4 is 15.4 Å². The van der Waals surface area contributed by atoms with Crippen molar-refractivity contribution in [1.82, 2.24) is 24.8 Å². The zero-order valence-electron chi connectivity index (χ0n) is 23.4. The normalized spacial score (nSPS) is 20.0. The number of hydrogen-bond donors (Lipinski definition) is 2. The molecule has 1 saturated carbocycles. The molecule has 2 aromatic heterocycles. The van der Waals surface area contributed by atoms with E-state index in [1.54, 1.807) is 30.5 Å². The average Bonchev–Trinajstić information content (AvgIpc) is 3.30. The van der Waals surface area contributed by atoms with Crippen LogP contribution in [0, 0.1) is 5.92 Å². The lowest BCUT2D eigenvalue weighted by atomic mass is 9.85. The molecule has 0 radical (unpaired) electrons. The van der Waals surface area contributed by atoms with Crippen molar-refractivity contribution in [2.45, 2.75) is 70.9 Å². The summed E-state index contributed by atoms with van der Waals surface area (Å²) in [5.74, 6) is 0.834. The quantitative estimate of drug-likeness (QED) is 0.357. The third-order valence-corrected chi connectivity index (χ3v) is 8.07. The third kappa shape index (κ3) is 6.93. The van der Waals surface area contributed by atoms with Crippen molar-refractivity contribution < 1.29 is 14.3 Å². The van der Waals surface area contributed by atoms with Crippen molar-refractivity contribution >= 4 is 40.4 Å². The number of rotatable bonds is 9. The van der Waals surface area contributed by atoms with Gasteiger partial charge in [0.2, 0.25) is 17.7 Å². The first-order valence-electron chi connectivity index (χ1n) is 14.5. The molecule has 5 rings (SSSR count). The van der Waals surface area contributed by atoms with Gasteiger partial charge in [-0.15, -0.1) is 0 Å². The van der Waals surface area contributed by atoms with Crippen LogP contribution in [0.5, 0.6) is 5.88 Å². The Bertz CT molecular complexity index is 1330. The summed E-state index contributed by atoms with van der Waals surface area (Å²) in [6.45, 7) is 7.66. The van der Waals surface area contributed by atoms with Crippen LogP contribution in [0.15, 0.2) is 36.5 Å². The topological polar surface area (TPSA) is 101 Å². The summed E-state index contributed by atoms with van der Waals surface area (Å²) in [6.07, 6.45) is 8.65. The van der Waals surface area contributed by atoms with Crippen LogP contribution in [0.25, 0.3) is 11.0 Å². The molecule has 2 aliphatic rings. The number of likely N-dealkylation sites (tertiary alicyclic amines) is 1. The first kappa shape index (κ1) is 28.4. The molecule has 1 aliphatic carbocycles.